The van der Waals surface area contributed by atoms with Crippen LogP contribution in [0.1, 0.15) is 22.5 Å². The van der Waals surface area contributed by atoms with Crippen molar-refractivity contribution in [1.29, 1.82) is 5.26 Å². The van der Waals surface area contributed by atoms with Crippen LogP contribution >= 0.6 is 0 Å². The van der Waals surface area contributed by atoms with Gasteiger partial charge in [0.05, 0.1) is 22.8 Å². The first kappa shape index (κ1) is 17.8. The van der Waals surface area contributed by atoms with Crippen LogP contribution < -0.4 is 5.32 Å². The molecule has 1 unspecified atom stereocenters. The van der Waals surface area contributed by atoms with Crippen molar-refractivity contribution in [3.63, 3.8) is 0 Å². The fourth-order valence-corrected chi connectivity index (χ4v) is 4.54. The number of amides is 1. The summed E-state index contributed by atoms with van der Waals surface area (Å²) in [6.07, 6.45) is 0.433. The molecule has 0 aliphatic carbocycles. The Labute approximate surface area is 151 Å². The first-order valence-electron chi connectivity index (χ1n) is 7.97. The molecule has 134 valence electrons. The van der Waals surface area contributed by atoms with Crippen molar-refractivity contribution in [3.05, 3.63) is 47.7 Å². The molecule has 0 radical (unpaired) electrons. The smallest absolute Gasteiger partial charge is 0.274 e. The van der Waals surface area contributed by atoms with Gasteiger partial charge in [-0.1, -0.05) is 12.1 Å². The summed E-state index contributed by atoms with van der Waals surface area (Å²) in [6.45, 7) is 0. The van der Waals surface area contributed by atoms with Crippen molar-refractivity contribution in [2.24, 2.45) is 0 Å². The van der Waals surface area contributed by atoms with Crippen LogP contribution in [0.2, 0.25) is 0 Å². The number of nitrogens with zero attached hydrogens (tertiary/aromatic N) is 4. The Bertz CT molecular complexity index is 967. The lowest BCUT2D eigenvalue weighted by Crippen LogP contribution is -2.38. The highest BCUT2D eigenvalue weighted by Gasteiger charge is 2.33. The van der Waals surface area contributed by atoms with E-state index in [0.717, 1.165) is 0 Å². The van der Waals surface area contributed by atoms with Gasteiger partial charge in [0.1, 0.15) is 6.07 Å². The minimum Gasteiger partial charge on any atom is -0.338 e. The molecule has 0 bridgehead atoms. The van der Waals surface area contributed by atoms with Gasteiger partial charge >= 0.3 is 0 Å². The molecule has 8 nitrogen and oxygen atoms in total. The number of rotatable bonds is 4. The third kappa shape index (κ3) is 3.81. The molecule has 1 aromatic heterocycles. The van der Waals surface area contributed by atoms with Gasteiger partial charge in [-0.15, -0.1) is 10.2 Å². The van der Waals surface area contributed by atoms with E-state index in [1.165, 1.54) is 11.0 Å². The Hall–Kier alpha value is -2.99. The number of sulfone groups is 1. The normalized spacial score (nSPS) is 18.1. The van der Waals surface area contributed by atoms with Gasteiger partial charge in [0, 0.05) is 13.1 Å². The average Bonchev–Trinajstić information content (AvgIpc) is 3.01. The van der Waals surface area contributed by atoms with Gasteiger partial charge in [0.15, 0.2) is 21.3 Å². The fourth-order valence-electron chi connectivity index (χ4n) is 2.77. The molecular weight excluding hydrogens is 354 g/mol. The molecule has 26 heavy (non-hydrogen) atoms. The number of anilines is 2. The SMILES string of the molecule is CN(C(=O)c1ccc(Nc2ccccc2C#N)nn1)C1CCS(=O)(=O)C1. The molecule has 1 fully saturated rings. The van der Waals surface area contributed by atoms with Crippen molar-refractivity contribution in [1.82, 2.24) is 15.1 Å². The predicted molar refractivity (Wildman–Crippen MR) is 95.6 cm³/mol. The van der Waals surface area contributed by atoms with E-state index in [1.54, 1.807) is 37.4 Å². The molecule has 1 N–H and O–H groups in total. The van der Waals surface area contributed by atoms with Gasteiger partial charge in [-0.2, -0.15) is 5.26 Å². The standard InChI is InChI=1S/C17H17N5O3S/c1-22(13-8-9-26(24,25)11-13)17(23)15-6-7-16(21-20-15)19-14-5-3-2-4-12(14)10-18/h2-7,13H,8-9,11H2,1H3,(H,19,21). The first-order chi connectivity index (χ1) is 12.4. The monoisotopic (exact) mass is 371 g/mol. The number of benzene rings is 1. The molecule has 1 aromatic carbocycles. The minimum atomic E-state index is -3.07. The second-order valence-corrected chi connectivity index (χ2v) is 8.29. The molecule has 1 saturated heterocycles. The number of carbonyl (C=O) groups is 1. The highest BCUT2D eigenvalue weighted by Crippen LogP contribution is 2.20. The molecule has 0 spiro atoms. The van der Waals surface area contributed by atoms with Gasteiger partial charge in [0.25, 0.3) is 5.91 Å². The number of nitrogens with one attached hydrogen (secondary N) is 1. The van der Waals surface area contributed by atoms with Crippen molar-refractivity contribution in [2.45, 2.75) is 12.5 Å². The zero-order valence-corrected chi connectivity index (χ0v) is 14.9. The van der Waals surface area contributed by atoms with E-state index >= 15 is 0 Å². The van der Waals surface area contributed by atoms with Crippen molar-refractivity contribution in [2.75, 3.05) is 23.9 Å². The first-order valence-corrected chi connectivity index (χ1v) is 9.79. The summed E-state index contributed by atoms with van der Waals surface area (Å²) >= 11 is 0. The maximum Gasteiger partial charge on any atom is 0.274 e. The summed E-state index contributed by atoms with van der Waals surface area (Å²) in [6, 6.07) is 11.8. The molecule has 0 saturated carbocycles. The number of aromatic nitrogens is 2. The molecule has 2 aromatic rings. The number of nitriles is 1. The molecule has 1 aliphatic rings. The molecule has 1 atom stereocenters. The molecule has 1 aliphatic heterocycles. The summed E-state index contributed by atoms with van der Waals surface area (Å²) < 4.78 is 23.2. The van der Waals surface area contributed by atoms with E-state index in [9.17, 15) is 13.2 Å². The van der Waals surface area contributed by atoms with E-state index in [-0.39, 0.29) is 29.1 Å². The van der Waals surface area contributed by atoms with Crippen LogP contribution in [0.5, 0.6) is 0 Å². The number of para-hydroxylation sites is 1. The van der Waals surface area contributed by atoms with E-state index in [1.807, 2.05) is 0 Å². The third-order valence-corrected chi connectivity index (χ3v) is 6.02. The van der Waals surface area contributed by atoms with Gasteiger partial charge in [-0.25, -0.2) is 8.42 Å². The highest BCUT2D eigenvalue weighted by atomic mass is 32.2. The van der Waals surface area contributed by atoms with E-state index in [0.29, 0.717) is 23.5 Å². The largest absolute Gasteiger partial charge is 0.338 e. The molecule has 1 amide bonds. The number of hydrogen-bond donors (Lipinski definition) is 1. The second-order valence-electron chi connectivity index (χ2n) is 6.06. The Kier molecular flexibility index (Phi) is 4.86. The van der Waals surface area contributed by atoms with Gasteiger partial charge < -0.3 is 10.2 Å². The Balaban J connectivity index is 1.71. The quantitative estimate of drug-likeness (QED) is 0.862. The number of carbonyl (C=O) groups excluding carboxylic acids is 1. The average molecular weight is 371 g/mol. The number of hydrogen-bond acceptors (Lipinski definition) is 7. The summed E-state index contributed by atoms with van der Waals surface area (Å²) in [7, 11) is -1.50. The van der Waals surface area contributed by atoms with E-state index in [4.69, 9.17) is 5.26 Å². The Morgan fingerprint density at radius 2 is 2.04 bits per heavy atom. The zero-order chi connectivity index (χ0) is 18.7. The van der Waals surface area contributed by atoms with Crippen molar-refractivity contribution in [3.8, 4) is 6.07 Å². The van der Waals surface area contributed by atoms with Crippen LogP contribution in [0.3, 0.4) is 0 Å². The van der Waals surface area contributed by atoms with Gasteiger partial charge in [-0.3, -0.25) is 4.79 Å². The van der Waals surface area contributed by atoms with Crippen LogP contribution in [-0.4, -0.2) is 54.0 Å². The summed E-state index contributed by atoms with van der Waals surface area (Å²) in [5.74, 6) is 0.106. The van der Waals surface area contributed by atoms with Crippen LogP contribution in [0.15, 0.2) is 36.4 Å². The third-order valence-electron chi connectivity index (χ3n) is 4.27. The summed E-state index contributed by atoms with van der Waals surface area (Å²) in [5, 5.41) is 20.0. The molecular formula is C17H17N5O3S. The topological polar surface area (TPSA) is 116 Å². The van der Waals surface area contributed by atoms with Gasteiger partial charge in [0.2, 0.25) is 0 Å². The van der Waals surface area contributed by atoms with Crippen molar-refractivity contribution >= 4 is 27.2 Å². The maximum absolute atomic E-state index is 12.5. The fraction of sp³-hybridized carbons (Fsp3) is 0.294. The predicted octanol–water partition coefficient (Wildman–Crippen LogP) is 1.35. The van der Waals surface area contributed by atoms with E-state index in [2.05, 4.69) is 21.6 Å². The summed E-state index contributed by atoms with van der Waals surface area (Å²) in [5.41, 5.74) is 1.20. The summed E-state index contributed by atoms with van der Waals surface area (Å²) in [4.78, 5) is 13.9. The maximum atomic E-state index is 12.5. The Morgan fingerprint density at radius 3 is 2.65 bits per heavy atom. The second kappa shape index (κ2) is 7.09. The van der Waals surface area contributed by atoms with Crippen LogP contribution in [0, 0.1) is 11.3 Å². The van der Waals surface area contributed by atoms with E-state index < -0.39 is 9.84 Å². The van der Waals surface area contributed by atoms with Crippen molar-refractivity contribution < 1.29 is 13.2 Å². The van der Waals surface area contributed by atoms with Crippen LogP contribution in [-0.2, 0) is 9.84 Å². The lowest BCUT2D eigenvalue weighted by molar-refractivity contribution is 0.0740. The molecule has 3 rings (SSSR count). The lowest BCUT2D eigenvalue weighted by atomic mass is 10.2. The zero-order valence-electron chi connectivity index (χ0n) is 14.1. The Morgan fingerprint density at radius 1 is 1.27 bits per heavy atom. The molecule has 2 heterocycles. The highest BCUT2D eigenvalue weighted by molar-refractivity contribution is 7.91. The lowest BCUT2D eigenvalue weighted by Gasteiger charge is -2.22. The minimum absolute atomic E-state index is 0.0206. The molecule has 9 heteroatoms. The van der Waals surface area contributed by atoms with Crippen LogP contribution in [0.4, 0.5) is 11.5 Å². The van der Waals surface area contributed by atoms with Gasteiger partial charge in [-0.05, 0) is 30.7 Å². The van der Waals surface area contributed by atoms with Crippen LogP contribution in [0.25, 0.3) is 0 Å².